The lowest BCUT2D eigenvalue weighted by Crippen LogP contribution is -1.83. The summed E-state index contributed by atoms with van der Waals surface area (Å²) >= 11 is 11.9. The third-order valence-corrected chi connectivity index (χ3v) is 3.45. The Morgan fingerprint density at radius 2 is 2.00 bits per heavy atom. The first-order valence-electron chi connectivity index (χ1n) is 5.46. The molecule has 1 aromatic heterocycles. The minimum atomic E-state index is -0.216. The largest absolute Gasteiger partial charge is 0.479 e. The molecule has 1 aliphatic heterocycles. The van der Waals surface area contributed by atoms with Crippen molar-refractivity contribution in [3.63, 3.8) is 0 Å². The fraction of sp³-hybridized carbons (Fsp3) is 0.0769. The summed E-state index contributed by atoms with van der Waals surface area (Å²) in [7, 11) is 0. The monoisotopic (exact) mass is 294 g/mol. The van der Waals surface area contributed by atoms with Crippen LogP contribution in [0.15, 0.2) is 21.5 Å². The minimum absolute atomic E-state index is 0.216. The van der Waals surface area contributed by atoms with E-state index in [0.717, 1.165) is 16.8 Å². The molecule has 6 heteroatoms. The molecule has 3 rings (SSSR count). The highest BCUT2D eigenvalue weighted by Gasteiger charge is 2.17. The van der Waals surface area contributed by atoms with Crippen LogP contribution in [0, 0.1) is 6.92 Å². The molecule has 0 spiro atoms. The van der Waals surface area contributed by atoms with E-state index in [9.17, 15) is 5.11 Å². The summed E-state index contributed by atoms with van der Waals surface area (Å²) in [5, 5.41) is 10.5. The number of aromatic nitrogens is 1. The maximum atomic E-state index is 9.57. The van der Waals surface area contributed by atoms with Gasteiger partial charge < -0.3 is 9.52 Å². The van der Waals surface area contributed by atoms with Crippen LogP contribution in [0.2, 0.25) is 10.0 Å². The summed E-state index contributed by atoms with van der Waals surface area (Å²) in [6.45, 7) is 1.66. The molecule has 0 bridgehead atoms. The van der Waals surface area contributed by atoms with Crippen LogP contribution in [-0.4, -0.2) is 16.3 Å². The second kappa shape index (κ2) is 4.40. The fourth-order valence-corrected chi connectivity index (χ4v) is 2.19. The summed E-state index contributed by atoms with van der Waals surface area (Å²) in [6, 6.07) is 3.44. The Kier molecular flexibility index (Phi) is 2.84. The molecule has 96 valence electrons. The second-order valence-corrected chi connectivity index (χ2v) is 4.88. The van der Waals surface area contributed by atoms with Crippen molar-refractivity contribution in [3.8, 4) is 5.95 Å². The number of allylic oxidation sites excluding steroid dienone is 1. The van der Waals surface area contributed by atoms with Crippen molar-refractivity contribution in [2.45, 2.75) is 6.92 Å². The molecule has 0 saturated carbocycles. The van der Waals surface area contributed by atoms with E-state index in [0.29, 0.717) is 21.6 Å². The van der Waals surface area contributed by atoms with Crippen LogP contribution in [0.1, 0.15) is 17.1 Å². The van der Waals surface area contributed by atoms with Crippen LogP contribution in [0.25, 0.3) is 11.6 Å². The first kappa shape index (κ1) is 12.3. The minimum Gasteiger partial charge on any atom is -0.479 e. The number of aliphatic imine (C=N–C) groups is 1. The van der Waals surface area contributed by atoms with Crippen molar-refractivity contribution in [1.29, 1.82) is 0 Å². The van der Waals surface area contributed by atoms with Gasteiger partial charge in [0.25, 0.3) is 0 Å². The van der Waals surface area contributed by atoms with Gasteiger partial charge in [0, 0.05) is 24.3 Å². The molecular weight excluding hydrogens is 287 g/mol. The van der Waals surface area contributed by atoms with Crippen molar-refractivity contribution >= 4 is 46.8 Å². The number of benzene rings is 1. The number of oxazole rings is 1. The highest BCUT2D eigenvalue weighted by atomic mass is 35.5. The normalized spacial score (nSPS) is 15.2. The molecule has 1 aliphatic rings. The third-order valence-electron chi connectivity index (χ3n) is 2.73. The zero-order chi connectivity index (χ0) is 13.6. The highest BCUT2D eigenvalue weighted by Crippen LogP contribution is 2.38. The topological polar surface area (TPSA) is 58.6 Å². The van der Waals surface area contributed by atoms with Gasteiger partial charge in [-0.05, 0) is 18.2 Å². The van der Waals surface area contributed by atoms with Gasteiger partial charge in [-0.15, -0.1) is 0 Å². The Balaban J connectivity index is 2.10. The van der Waals surface area contributed by atoms with Crippen LogP contribution in [0.5, 0.6) is 5.95 Å². The lowest BCUT2D eigenvalue weighted by molar-refractivity contribution is 0.322. The number of halogens is 2. The maximum absolute atomic E-state index is 9.57. The average molecular weight is 295 g/mol. The van der Waals surface area contributed by atoms with Crippen LogP contribution in [-0.2, 0) is 0 Å². The van der Waals surface area contributed by atoms with Crippen molar-refractivity contribution in [2.75, 3.05) is 0 Å². The van der Waals surface area contributed by atoms with Crippen LogP contribution < -0.4 is 0 Å². The molecule has 19 heavy (non-hydrogen) atoms. The molecule has 0 radical (unpaired) electrons. The smallest absolute Gasteiger partial charge is 0.310 e. The predicted molar refractivity (Wildman–Crippen MR) is 75.4 cm³/mol. The number of fused-ring (bicyclic) bond motifs is 1. The number of aromatic hydroxyl groups is 1. The summed E-state index contributed by atoms with van der Waals surface area (Å²) in [5.74, 6) is 0.181. The van der Waals surface area contributed by atoms with Gasteiger partial charge in [-0.25, -0.2) is 4.98 Å². The van der Waals surface area contributed by atoms with E-state index in [1.54, 1.807) is 31.3 Å². The molecule has 0 unspecified atom stereocenters. The van der Waals surface area contributed by atoms with Gasteiger partial charge in [-0.3, -0.25) is 4.99 Å². The number of hydrogen-bond acceptors (Lipinski definition) is 4. The first-order valence-corrected chi connectivity index (χ1v) is 6.22. The molecule has 0 saturated heterocycles. The Morgan fingerprint density at radius 1 is 1.26 bits per heavy atom. The number of hydrogen-bond donors (Lipinski definition) is 1. The SMILES string of the molecule is Cc1nc(/C=C2\C=Nc3cc(Cl)c(Cl)cc32)c(O)o1. The Bertz CT molecular complexity index is 732. The quantitative estimate of drug-likeness (QED) is 0.855. The lowest BCUT2D eigenvalue weighted by Gasteiger charge is -2.02. The third kappa shape index (κ3) is 2.13. The van der Waals surface area contributed by atoms with Crippen LogP contribution in [0.3, 0.4) is 0 Å². The molecule has 0 amide bonds. The van der Waals surface area contributed by atoms with Crippen LogP contribution in [0.4, 0.5) is 5.69 Å². The van der Waals surface area contributed by atoms with Crippen molar-refractivity contribution in [3.05, 3.63) is 39.3 Å². The predicted octanol–water partition coefficient (Wildman–Crippen LogP) is 4.25. The van der Waals surface area contributed by atoms with E-state index in [2.05, 4.69) is 9.98 Å². The van der Waals surface area contributed by atoms with Gasteiger partial charge in [-0.1, -0.05) is 23.2 Å². The van der Waals surface area contributed by atoms with Crippen molar-refractivity contribution < 1.29 is 9.52 Å². The highest BCUT2D eigenvalue weighted by molar-refractivity contribution is 6.42. The number of aryl methyl sites for hydroxylation is 1. The summed E-state index contributed by atoms with van der Waals surface area (Å²) in [4.78, 5) is 8.31. The molecule has 2 heterocycles. The molecule has 0 atom stereocenters. The van der Waals surface area contributed by atoms with E-state index in [4.69, 9.17) is 27.6 Å². The van der Waals surface area contributed by atoms with Gasteiger partial charge in [0.15, 0.2) is 5.89 Å². The standard InChI is InChI=1S/C13H8Cl2N2O2/c1-6-17-12(13(18)19-6)2-7-5-16-11-4-10(15)9(14)3-8(7)11/h2-5,18H,1H3/b7-2+. The van der Waals surface area contributed by atoms with Gasteiger partial charge in [0.05, 0.1) is 15.7 Å². The number of rotatable bonds is 1. The van der Waals surface area contributed by atoms with Crippen LogP contribution >= 0.6 is 23.2 Å². The van der Waals surface area contributed by atoms with Gasteiger partial charge in [0.2, 0.25) is 0 Å². The second-order valence-electron chi connectivity index (χ2n) is 4.06. The van der Waals surface area contributed by atoms with Gasteiger partial charge >= 0.3 is 5.95 Å². The lowest BCUT2D eigenvalue weighted by atomic mass is 10.1. The van der Waals surface area contributed by atoms with E-state index in [-0.39, 0.29) is 5.95 Å². The Labute approximate surface area is 119 Å². The van der Waals surface area contributed by atoms with Crippen molar-refractivity contribution in [1.82, 2.24) is 4.98 Å². The number of nitrogens with zero attached hydrogens (tertiary/aromatic N) is 2. The first-order chi connectivity index (χ1) is 9.04. The summed E-state index contributed by atoms with van der Waals surface area (Å²) in [6.07, 6.45) is 3.35. The summed E-state index contributed by atoms with van der Waals surface area (Å²) < 4.78 is 4.96. The van der Waals surface area contributed by atoms with Gasteiger partial charge in [-0.2, -0.15) is 0 Å². The molecule has 1 aromatic carbocycles. The zero-order valence-electron chi connectivity index (χ0n) is 9.82. The van der Waals surface area contributed by atoms with Gasteiger partial charge in [0.1, 0.15) is 5.69 Å². The average Bonchev–Trinajstić information content (AvgIpc) is 2.86. The Hall–Kier alpha value is -1.78. The van der Waals surface area contributed by atoms with E-state index >= 15 is 0 Å². The van der Waals surface area contributed by atoms with Crippen molar-refractivity contribution in [2.24, 2.45) is 4.99 Å². The van der Waals surface area contributed by atoms with E-state index in [1.165, 1.54) is 0 Å². The molecule has 2 aromatic rings. The molecule has 0 aliphatic carbocycles. The molecular formula is C13H8Cl2N2O2. The maximum Gasteiger partial charge on any atom is 0.310 e. The molecule has 4 nitrogen and oxygen atoms in total. The van der Waals surface area contributed by atoms with E-state index < -0.39 is 0 Å². The zero-order valence-corrected chi connectivity index (χ0v) is 11.3. The molecule has 0 fully saturated rings. The van der Waals surface area contributed by atoms with E-state index in [1.807, 2.05) is 0 Å². The summed E-state index contributed by atoms with van der Waals surface area (Å²) in [5.41, 5.74) is 2.73. The Morgan fingerprint density at radius 3 is 2.68 bits per heavy atom. The molecule has 1 N–H and O–H groups in total. The fourth-order valence-electron chi connectivity index (χ4n) is 1.87.